The molecule has 8 nitrogen and oxygen atoms in total. The minimum Gasteiger partial charge on any atom is -0.380 e. The number of thioether (sulfide) groups is 1. The van der Waals surface area contributed by atoms with Crippen molar-refractivity contribution in [1.29, 1.82) is 0 Å². The summed E-state index contributed by atoms with van der Waals surface area (Å²) >= 11 is 7.50. The van der Waals surface area contributed by atoms with Gasteiger partial charge in [0.1, 0.15) is 5.82 Å². The summed E-state index contributed by atoms with van der Waals surface area (Å²) in [5.74, 6) is 1.54. The third kappa shape index (κ3) is 6.56. The fraction of sp³-hybridized carbons (Fsp3) is 0.429. The molecule has 0 fully saturated rings. The van der Waals surface area contributed by atoms with Gasteiger partial charge in [0.15, 0.2) is 10.8 Å². The molecule has 0 saturated carbocycles. The lowest BCUT2D eigenvalue weighted by Gasteiger charge is -2.10. The average Bonchev–Trinajstić information content (AvgIpc) is 3.18. The molecular formula is C21H27ClN6O2S. The third-order valence-corrected chi connectivity index (χ3v) is 5.67. The molecular weight excluding hydrogens is 436 g/mol. The predicted molar refractivity (Wildman–Crippen MR) is 125 cm³/mol. The van der Waals surface area contributed by atoms with Crippen LogP contribution in [0.5, 0.6) is 0 Å². The Morgan fingerprint density at radius 1 is 1.19 bits per heavy atom. The Morgan fingerprint density at radius 2 is 2.00 bits per heavy atom. The largest absolute Gasteiger partial charge is 0.380 e. The minimum absolute atomic E-state index is 0.153. The van der Waals surface area contributed by atoms with Crippen LogP contribution in [0, 0.1) is 0 Å². The second-order valence-corrected chi connectivity index (χ2v) is 8.19. The molecule has 3 rings (SSSR count). The summed E-state index contributed by atoms with van der Waals surface area (Å²) < 4.78 is 7.20. The Labute approximate surface area is 191 Å². The van der Waals surface area contributed by atoms with Crippen molar-refractivity contribution >= 4 is 46.1 Å². The number of carbonyl (C=O) groups excluding carboxylic acids is 1. The first-order valence-corrected chi connectivity index (χ1v) is 11.7. The minimum atomic E-state index is -0.153. The van der Waals surface area contributed by atoms with Crippen molar-refractivity contribution in [1.82, 2.24) is 25.1 Å². The zero-order valence-corrected chi connectivity index (χ0v) is 19.3. The Bertz CT molecular complexity index is 995. The lowest BCUT2D eigenvalue weighted by Crippen LogP contribution is -2.27. The number of benzene rings is 1. The highest BCUT2D eigenvalue weighted by molar-refractivity contribution is 7.99. The summed E-state index contributed by atoms with van der Waals surface area (Å²) in [7, 11) is 0. The van der Waals surface area contributed by atoms with Gasteiger partial charge >= 0.3 is 0 Å². The molecule has 0 aliphatic carbocycles. The van der Waals surface area contributed by atoms with E-state index in [1.807, 2.05) is 6.92 Å². The van der Waals surface area contributed by atoms with Gasteiger partial charge in [-0.3, -0.25) is 4.79 Å². The second kappa shape index (κ2) is 11.9. The first-order valence-electron chi connectivity index (χ1n) is 10.3. The summed E-state index contributed by atoms with van der Waals surface area (Å²) in [6.45, 7) is 6.95. The van der Waals surface area contributed by atoms with Crippen LogP contribution >= 0.6 is 23.4 Å². The Balaban J connectivity index is 1.70. The van der Waals surface area contributed by atoms with Crippen molar-refractivity contribution < 1.29 is 9.53 Å². The highest BCUT2D eigenvalue weighted by atomic mass is 35.5. The van der Waals surface area contributed by atoms with Gasteiger partial charge in [0.05, 0.1) is 24.7 Å². The summed E-state index contributed by atoms with van der Waals surface area (Å²) in [4.78, 5) is 21.7. The van der Waals surface area contributed by atoms with E-state index in [2.05, 4.69) is 27.6 Å². The van der Waals surface area contributed by atoms with E-state index in [9.17, 15) is 4.79 Å². The van der Waals surface area contributed by atoms with E-state index in [1.165, 1.54) is 0 Å². The number of halogens is 1. The molecule has 0 bridgehead atoms. The molecule has 10 heteroatoms. The number of ether oxygens (including phenoxy) is 1. The molecule has 2 aromatic heterocycles. The highest BCUT2D eigenvalue weighted by Crippen LogP contribution is 2.24. The van der Waals surface area contributed by atoms with Crippen molar-refractivity contribution in [3.05, 3.63) is 41.0 Å². The van der Waals surface area contributed by atoms with Gasteiger partial charge in [-0.25, -0.2) is 14.6 Å². The molecule has 0 aliphatic heterocycles. The number of carbonyl (C=O) groups is 1. The summed E-state index contributed by atoms with van der Waals surface area (Å²) in [5, 5.41) is 12.9. The van der Waals surface area contributed by atoms with Gasteiger partial charge in [0, 0.05) is 36.0 Å². The smallest absolute Gasteiger partial charge is 0.251 e. The van der Waals surface area contributed by atoms with Crippen LogP contribution in [0.2, 0.25) is 5.02 Å². The predicted octanol–water partition coefficient (Wildman–Crippen LogP) is 3.86. The molecule has 1 aromatic carbocycles. The van der Waals surface area contributed by atoms with Gasteiger partial charge in [0.2, 0.25) is 0 Å². The van der Waals surface area contributed by atoms with E-state index in [4.69, 9.17) is 21.3 Å². The van der Waals surface area contributed by atoms with E-state index < -0.39 is 0 Å². The van der Waals surface area contributed by atoms with E-state index in [0.717, 1.165) is 29.0 Å². The summed E-state index contributed by atoms with van der Waals surface area (Å²) in [6, 6.07) is 6.80. The molecule has 3 aromatic rings. The average molecular weight is 463 g/mol. The number of nitrogens with zero attached hydrogens (tertiary/aromatic N) is 4. The van der Waals surface area contributed by atoms with Crippen molar-refractivity contribution in [3.63, 3.8) is 0 Å². The Morgan fingerprint density at radius 3 is 2.74 bits per heavy atom. The topological polar surface area (TPSA) is 94.0 Å². The van der Waals surface area contributed by atoms with Gasteiger partial charge < -0.3 is 15.4 Å². The van der Waals surface area contributed by atoms with Crippen LogP contribution in [-0.2, 0) is 11.3 Å². The van der Waals surface area contributed by atoms with Crippen LogP contribution in [0.25, 0.3) is 11.0 Å². The second-order valence-electron chi connectivity index (χ2n) is 6.69. The summed E-state index contributed by atoms with van der Waals surface area (Å²) in [5.41, 5.74) is 1.31. The van der Waals surface area contributed by atoms with Gasteiger partial charge in [0.25, 0.3) is 5.91 Å². The number of nitrogens with one attached hydrogen (secondary N) is 2. The number of rotatable bonds is 12. The number of hydrogen-bond acceptors (Lipinski definition) is 7. The Hall–Kier alpha value is -2.36. The molecule has 0 spiro atoms. The number of amides is 1. The lowest BCUT2D eigenvalue weighted by molar-refractivity contribution is 0.0952. The van der Waals surface area contributed by atoms with Crippen molar-refractivity contribution in [3.8, 4) is 0 Å². The van der Waals surface area contributed by atoms with Crippen molar-refractivity contribution in [2.24, 2.45) is 0 Å². The first-order chi connectivity index (χ1) is 15.1. The van der Waals surface area contributed by atoms with Crippen LogP contribution in [0.3, 0.4) is 0 Å². The number of anilines is 1. The van der Waals surface area contributed by atoms with Crippen molar-refractivity contribution in [2.75, 3.05) is 37.4 Å². The molecule has 0 radical (unpaired) electrons. The van der Waals surface area contributed by atoms with Crippen molar-refractivity contribution in [2.45, 2.75) is 32.0 Å². The van der Waals surface area contributed by atoms with E-state index in [1.54, 1.807) is 46.9 Å². The van der Waals surface area contributed by atoms with Gasteiger partial charge in [-0.15, -0.1) is 0 Å². The molecule has 31 heavy (non-hydrogen) atoms. The highest BCUT2D eigenvalue weighted by Gasteiger charge is 2.14. The van der Waals surface area contributed by atoms with Crippen LogP contribution in [-0.4, -0.2) is 57.7 Å². The molecule has 0 saturated heterocycles. The van der Waals surface area contributed by atoms with E-state index in [-0.39, 0.29) is 5.91 Å². The molecule has 0 aliphatic rings. The molecule has 2 N–H and O–H groups in total. The van der Waals surface area contributed by atoms with Crippen LogP contribution < -0.4 is 10.6 Å². The lowest BCUT2D eigenvalue weighted by atomic mass is 10.2. The maximum Gasteiger partial charge on any atom is 0.251 e. The zero-order valence-electron chi connectivity index (χ0n) is 17.7. The van der Waals surface area contributed by atoms with Crippen LogP contribution in [0.15, 0.2) is 35.6 Å². The summed E-state index contributed by atoms with van der Waals surface area (Å²) in [6.07, 6.45) is 2.79. The fourth-order valence-electron chi connectivity index (χ4n) is 2.86. The molecule has 166 valence electrons. The van der Waals surface area contributed by atoms with Gasteiger partial charge in [-0.05, 0) is 37.6 Å². The molecule has 0 unspecified atom stereocenters. The number of aromatic nitrogens is 4. The normalized spacial score (nSPS) is 11.1. The van der Waals surface area contributed by atoms with Gasteiger partial charge in [-0.2, -0.15) is 5.10 Å². The zero-order chi connectivity index (χ0) is 22.1. The van der Waals surface area contributed by atoms with Crippen LogP contribution in [0.4, 0.5) is 5.82 Å². The monoisotopic (exact) mass is 462 g/mol. The van der Waals surface area contributed by atoms with E-state index >= 15 is 0 Å². The van der Waals surface area contributed by atoms with E-state index in [0.29, 0.717) is 48.6 Å². The number of fused-ring (bicyclic) bond motifs is 1. The standard InChI is InChI=1S/C21H27ClN6O2S/c1-3-13-31-21-26-18(23-10-12-30-4-2)17-14-25-28(19(17)27-21)11-9-24-20(29)15-5-7-16(22)8-6-15/h5-8,14H,3-4,9-13H2,1-2H3,(H,24,29)(H,23,26,27). The third-order valence-electron chi connectivity index (χ3n) is 4.37. The Kier molecular flexibility index (Phi) is 8.93. The maximum absolute atomic E-state index is 12.3. The van der Waals surface area contributed by atoms with Crippen LogP contribution in [0.1, 0.15) is 30.6 Å². The quantitative estimate of drug-likeness (QED) is 0.240. The van der Waals surface area contributed by atoms with Gasteiger partial charge in [-0.1, -0.05) is 30.3 Å². The molecule has 2 heterocycles. The maximum atomic E-state index is 12.3. The first kappa shape index (κ1) is 23.3. The fourth-order valence-corrected chi connectivity index (χ4v) is 3.68. The molecule has 0 atom stereocenters. The number of hydrogen-bond donors (Lipinski definition) is 2. The molecule has 1 amide bonds. The SMILES string of the molecule is CCCSc1nc(NCCOCC)c2cnn(CCNC(=O)c3ccc(Cl)cc3)c2n1.